The second-order valence-electron chi connectivity index (χ2n) is 10.6. The van der Waals surface area contributed by atoms with Crippen molar-refractivity contribution in [3.63, 3.8) is 0 Å². The van der Waals surface area contributed by atoms with E-state index < -0.39 is 5.82 Å². The number of imidazole rings is 1. The topological polar surface area (TPSA) is 81.0 Å². The van der Waals surface area contributed by atoms with Crippen molar-refractivity contribution in [3.8, 4) is 17.3 Å². The van der Waals surface area contributed by atoms with E-state index >= 15 is 4.39 Å². The van der Waals surface area contributed by atoms with Crippen LogP contribution in [0.25, 0.3) is 32.9 Å². The van der Waals surface area contributed by atoms with Gasteiger partial charge in [-0.15, -0.1) is 0 Å². The Morgan fingerprint density at radius 1 is 1.05 bits per heavy atom. The minimum Gasteiger partial charge on any atom is -0.463 e. The molecule has 1 N–H and O–H groups in total. The molecule has 9 heteroatoms. The van der Waals surface area contributed by atoms with E-state index in [1.165, 1.54) is 0 Å². The molecule has 0 spiro atoms. The Morgan fingerprint density at radius 3 is 2.62 bits per heavy atom. The molecular weight excluding hydrogens is 493 g/mol. The van der Waals surface area contributed by atoms with Crippen molar-refractivity contribution in [2.45, 2.75) is 38.3 Å². The highest BCUT2D eigenvalue weighted by Gasteiger charge is 2.34. The zero-order valence-electron chi connectivity index (χ0n) is 22.1. The second kappa shape index (κ2) is 9.57. The Hall–Kier alpha value is -4.11. The third-order valence-electron chi connectivity index (χ3n) is 8.01. The van der Waals surface area contributed by atoms with Gasteiger partial charge in [-0.1, -0.05) is 36.4 Å². The van der Waals surface area contributed by atoms with Gasteiger partial charge in [0.1, 0.15) is 22.9 Å². The summed E-state index contributed by atoms with van der Waals surface area (Å²) in [7, 11) is 1.95. The largest absolute Gasteiger partial charge is 0.463 e. The fraction of sp³-hybridized carbons (Fsp3) is 0.333. The molecule has 0 radical (unpaired) electrons. The minimum atomic E-state index is -0.459. The predicted octanol–water partition coefficient (Wildman–Crippen LogP) is 4.59. The van der Waals surface area contributed by atoms with E-state index in [0.29, 0.717) is 36.3 Å². The molecule has 2 aromatic carbocycles. The van der Waals surface area contributed by atoms with E-state index in [2.05, 4.69) is 25.2 Å². The highest BCUT2D eigenvalue weighted by molar-refractivity contribution is 6.00. The van der Waals surface area contributed by atoms with Crippen molar-refractivity contribution in [1.82, 2.24) is 29.8 Å². The Kier molecular flexibility index (Phi) is 5.88. The predicted molar refractivity (Wildman–Crippen MR) is 150 cm³/mol. The van der Waals surface area contributed by atoms with Crippen LogP contribution in [0.15, 0.2) is 55.0 Å². The summed E-state index contributed by atoms with van der Waals surface area (Å²) < 4.78 is 24.4. The van der Waals surface area contributed by atoms with Crippen molar-refractivity contribution in [3.05, 3.63) is 72.2 Å². The summed E-state index contributed by atoms with van der Waals surface area (Å²) in [5.74, 6) is 1.12. The van der Waals surface area contributed by atoms with Crippen LogP contribution in [0.4, 0.5) is 10.2 Å². The lowest BCUT2D eigenvalue weighted by Gasteiger charge is -2.34. The summed E-state index contributed by atoms with van der Waals surface area (Å²) >= 11 is 0. The highest BCUT2D eigenvalue weighted by Crippen LogP contribution is 2.36. The molecule has 198 valence electrons. The monoisotopic (exact) mass is 523 g/mol. The number of nitrogens with zero attached hydrogens (tertiary/aromatic N) is 6. The van der Waals surface area contributed by atoms with Crippen molar-refractivity contribution in [2.75, 3.05) is 24.6 Å². The molecule has 2 fully saturated rings. The number of halogens is 1. The van der Waals surface area contributed by atoms with Crippen LogP contribution in [-0.2, 0) is 13.5 Å². The number of hydrogen-bond donors (Lipinski definition) is 1. The number of pyridine rings is 1. The van der Waals surface area contributed by atoms with Gasteiger partial charge in [0, 0.05) is 62.8 Å². The van der Waals surface area contributed by atoms with Crippen LogP contribution in [0.2, 0.25) is 0 Å². The molecular formula is C30H30FN7O. The summed E-state index contributed by atoms with van der Waals surface area (Å²) in [6.07, 6.45) is 8.25. The maximum Gasteiger partial charge on any atom is 0.319 e. The normalized spacial score (nSPS) is 18.8. The van der Waals surface area contributed by atoms with Crippen molar-refractivity contribution >= 4 is 27.5 Å². The average molecular weight is 524 g/mol. The lowest BCUT2D eigenvalue weighted by molar-refractivity contribution is 0.293. The van der Waals surface area contributed by atoms with E-state index in [-0.39, 0.29) is 17.2 Å². The molecule has 0 amide bonds. The van der Waals surface area contributed by atoms with Gasteiger partial charge in [0.05, 0.1) is 12.0 Å². The zero-order valence-corrected chi connectivity index (χ0v) is 22.1. The van der Waals surface area contributed by atoms with Crippen LogP contribution in [-0.4, -0.2) is 56.3 Å². The molecule has 0 unspecified atom stereocenters. The number of fused-ring (bicyclic) bond motifs is 4. The number of piperazine rings is 1. The molecule has 2 aliphatic rings. The molecule has 5 aromatic rings. The van der Waals surface area contributed by atoms with Gasteiger partial charge in [-0.25, -0.2) is 9.37 Å². The maximum atomic E-state index is 16.5. The van der Waals surface area contributed by atoms with Gasteiger partial charge in [0.2, 0.25) is 0 Å². The summed E-state index contributed by atoms with van der Waals surface area (Å²) in [4.78, 5) is 20.7. The smallest absolute Gasteiger partial charge is 0.319 e. The molecule has 2 bridgehead atoms. The number of nitrogens with one attached hydrogen (secondary N) is 1. The molecule has 2 saturated heterocycles. The van der Waals surface area contributed by atoms with Gasteiger partial charge in [0.25, 0.3) is 0 Å². The summed E-state index contributed by atoms with van der Waals surface area (Å²) in [5.41, 5.74) is 2.34. The first-order valence-corrected chi connectivity index (χ1v) is 13.5. The number of hydrogen-bond acceptors (Lipinski definition) is 7. The quantitative estimate of drug-likeness (QED) is 0.349. The first-order chi connectivity index (χ1) is 19.0. The molecule has 8 nitrogen and oxygen atoms in total. The highest BCUT2D eigenvalue weighted by atomic mass is 19.1. The fourth-order valence-electron chi connectivity index (χ4n) is 6.08. The molecule has 0 aliphatic carbocycles. The van der Waals surface area contributed by atoms with E-state index in [0.717, 1.165) is 53.7 Å². The standard InChI is InChI=1S/C30H30FN7O/c1-18-5-3-6-19-7-4-8-22(25(18)19)27-26(31)28-23(15-33-27)29(38-16-20-9-10-21(17-38)34-20)36-30(35-28)39-14-11-24-32-12-13-37(24)2/h3-8,12-13,15,20-21,34H,9-11,14,16-17H2,1-2H3/t20-,21+. The summed E-state index contributed by atoms with van der Waals surface area (Å²) in [6, 6.07) is 13.0. The van der Waals surface area contributed by atoms with Crippen LogP contribution >= 0.6 is 0 Å². The number of ether oxygens (including phenoxy) is 1. The first kappa shape index (κ1) is 24.0. The van der Waals surface area contributed by atoms with Crippen LogP contribution in [0.3, 0.4) is 0 Å². The van der Waals surface area contributed by atoms with Crippen LogP contribution < -0.4 is 15.0 Å². The van der Waals surface area contributed by atoms with Crippen molar-refractivity contribution in [1.29, 1.82) is 0 Å². The first-order valence-electron chi connectivity index (χ1n) is 13.5. The van der Waals surface area contributed by atoms with Gasteiger partial charge in [-0.3, -0.25) is 4.98 Å². The lowest BCUT2D eigenvalue weighted by atomic mass is 9.97. The maximum absolute atomic E-state index is 16.5. The van der Waals surface area contributed by atoms with E-state index in [1.54, 1.807) is 12.4 Å². The van der Waals surface area contributed by atoms with Gasteiger partial charge in [-0.05, 0) is 36.1 Å². The number of aromatic nitrogens is 5. The third-order valence-corrected chi connectivity index (χ3v) is 8.01. The number of rotatable bonds is 6. The fourth-order valence-corrected chi connectivity index (χ4v) is 6.08. The Morgan fingerprint density at radius 2 is 1.85 bits per heavy atom. The number of aryl methyl sites for hydroxylation is 2. The minimum absolute atomic E-state index is 0.169. The zero-order chi connectivity index (χ0) is 26.5. The Balaban J connectivity index is 1.33. The van der Waals surface area contributed by atoms with Gasteiger partial charge < -0.3 is 19.5 Å². The molecule has 7 rings (SSSR count). The van der Waals surface area contributed by atoms with Crippen LogP contribution in [0.5, 0.6) is 6.01 Å². The molecule has 2 aliphatic heterocycles. The van der Waals surface area contributed by atoms with Gasteiger partial charge in [0.15, 0.2) is 5.82 Å². The number of anilines is 1. The molecule has 3 aromatic heterocycles. The third kappa shape index (κ3) is 4.27. The lowest BCUT2D eigenvalue weighted by Crippen LogP contribution is -2.51. The Labute approximate surface area is 225 Å². The molecule has 2 atom stereocenters. The SMILES string of the molecule is Cc1cccc2cccc(-c3ncc4c(N5C[C@H]6CC[C@@H](C5)N6)nc(OCCc5nccn5C)nc4c3F)c12. The van der Waals surface area contributed by atoms with Gasteiger partial charge >= 0.3 is 6.01 Å². The van der Waals surface area contributed by atoms with Crippen LogP contribution in [0, 0.1) is 12.7 Å². The van der Waals surface area contributed by atoms with E-state index in [4.69, 9.17) is 9.72 Å². The molecule has 0 saturated carbocycles. The summed E-state index contributed by atoms with van der Waals surface area (Å²) in [5, 5.41) is 6.30. The van der Waals surface area contributed by atoms with Gasteiger partial charge in [-0.2, -0.15) is 9.97 Å². The Bertz CT molecular complexity index is 1680. The van der Waals surface area contributed by atoms with E-state index in [9.17, 15) is 0 Å². The summed E-state index contributed by atoms with van der Waals surface area (Å²) in [6.45, 7) is 3.99. The van der Waals surface area contributed by atoms with Crippen LogP contribution in [0.1, 0.15) is 24.2 Å². The number of benzene rings is 2. The van der Waals surface area contributed by atoms with E-state index in [1.807, 2.05) is 61.1 Å². The van der Waals surface area contributed by atoms with Crippen molar-refractivity contribution in [2.24, 2.45) is 7.05 Å². The second-order valence-corrected chi connectivity index (χ2v) is 10.6. The molecule has 39 heavy (non-hydrogen) atoms. The van der Waals surface area contributed by atoms with Crippen molar-refractivity contribution < 1.29 is 9.13 Å². The molecule has 5 heterocycles. The average Bonchev–Trinajstić information content (AvgIpc) is 3.51.